The smallest absolute Gasteiger partial charge is 0.237 e. The summed E-state index contributed by atoms with van der Waals surface area (Å²) >= 11 is 1.56. The van der Waals surface area contributed by atoms with Gasteiger partial charge in [-0.3, -0.25) is 4.79 Å². The van der Waals surface area contributed by atoms with E-state index in [1.807, 2.05) is 50.2 Å². The average molecular weight is 275 g/mol. The average Bonchev–Trinajstić information content (AvgIpc) is 2.89. The summed E-state index contributed by atoms with van der Waals surface area (Å²) in [5.74, 6) is 1.61. The molecule has 0 aliphatic rings. The number of hydrogen-bond acceptors (Lipinski definition) is 3. The minimum Gasteiger partial charge on any atom is -0.468 e. The van der Waals surface area contributed by atoms with Crippen molar-refractivity contribution >= 4 is 23.4 Å². The number of aryl methyl sites for hydroxylation is 1. The van der Waals surface area contributed by atoms with Crippen molar-refractivity contribution in [2.75, 3.05) is 5.32 Å². The predicted molar refractivity (Wildman–Crippen MR) is 79.3 cm³/mol. The lowest BCUT2D eigenvalue weighted by molar-refractivity contribution is -0.115. The van der Waals surface area contributed by atoms with E-state index in [4.69, 9.17) is 4.42 Å². The molecule has 0 radical (unpaired) electrons. The van der Waals surface area contributed by atoms with Crippen LogP contribution in [0.15, 0.2) is 47.1 Å². The fourth-order valence-corrected chi connectivity index (χ4v) is 2.43. The van der Waals surface area contributed by atoms with Crippen molar-refractivity contribution in [3.63, 3.8) is 0 Å². The standard InChI is InChI=1S/C15H17NO2S/c1-11-5-3-6-13(9-11)16-15(17)12(2)19-10-14-7-4-8-18-14/h3-9,12H,10H2,1-2H3,(H,16,17)/t12-/m1/s1. The number of anilines is 1. The molecule has 0 saturated carbocycles. The van der Waals surface area contributed by atoms with Gasteiger partial charge in [0.05, 0.1) is 17.3 Å². The number of furan rings is 1. The van der Waals surface area contributed by atoms with Crippen LogP contribution < -0.4 is 5.32 Å². The van der Waals surface area contributed by atoms with Gasteiger partial charge >= 0.3 is 0 Å². The van der Waals surface area contributed by atoms with E-state index >= 15 is 0 Å². The fourth-order valence-electron chi connectivity index (χ4n) is 1.64. The summed E-state index contributed by atoms with van der Waals surface area (Å²) < 4.78 is 5.25. The maximum absolute atomic E-state index is 12.0. The Morgan fingerprint density at radius 3 is 2.89 bits per heavy atom. The van der Waals surface area contributed by atoms with Gasteiger partial charge in [-0.05, 0) is 43.7 Å². The molecule has 0 aliphatic carbocycles. The van der Waals surface area contributed by atoms with Crippen LogP contribution >= 0.6 is 11.8 Å². The van der Waals surface area contributed by atoms with Crippen LogP contribution in [-0.4, -0.2) is 11.2 Å². The summed E-state index contributed by atoms with van der Waals surface area (Å²) in [6, 6.07) is 11.6. The Morgan fingerprint density at radius 1 is 1.37 bits per heavy atom. The van der Waals surface area contributed by atoms with Crippen LogP contribution in [0.2, 0.25) is 0 Å². The molecule has 1 aromatic carbocycles. The van der Waals surface area contributed by atoms with Gasteiger partial charge in [-0.25, -0.2) is 0 Å². The van der Waals surface area contributed by atoms with E-state index in [9.17, 15) is 4.79 Å². The van der Waals surface area contributed by atoms with Crippen LogP contribution in [-0.2, 0) is 10.5 Å². The molecule has 2 rings (SSSR count). The summed E-state index contributed by atoms with van der Waals surface area (Å²) in [5.41, 5.74) is 1.98. The summed E-state index contributed by atoms with van der Waals surface area (Å²) in [7, 11) is 0. The number of rotatable bonds is 5. The predicted octanol–water partition coefficient (Wildman–Crippen LogP) is 3.85. The molecule has 0 spiro atoms. The van der Waals surface area contributed by atoms with Crippen molar-refractivity contribution in [3.05, 3.63) is 54.0 Å². The van der Waals surface area contributed by atoms with Gasteiger partial charge in [0, 0.05) is 5.69 Å². The largest absolute Gasteiger partial charge is 0.468 e. The Morgan fingerprint density at radius 2 is 2.21 bits per heavy atom. The van der Waals surface area contributed by atoms with Crippen molar-refractivity contribution in [1.82, 2.24) is 0 Å². The highest BCUT2D eigenvalue weighted by Gasteiger charge is 2.14. The Kier molecular flexibility index (Phi) is 4.68. The molecule has 1 heterocycles. The minimum absolute atomic E-state index is 0.0159. The summed E-state index contributed by atoms with van der Waals surface area (Å²) in [6.07, 6.45) is 1.65. The lowest BCUT2D eigenvalue weighted by Crippen LogP contribution is -2.22. The molecule has 4 heteroatoms. The zero-order valence-electron chi connectivity index (χ0n) is 11.1. The first-order chi connectivity index (χ1) is 9.15. The number of nitrogens with one attached hydrogen (secondary N) is 1. The molecule has 0 bridgehead atoms. The molecule has 1 N–H and O–H groups in total. The number of carbonyl (C=O) groups is 1. The third-order valence-corrected chi connectivity index (χ3v) is 3.88. The van der Waals surface area contributed by atoms with E-state index in [2.05, 4.69) is 5.32 Å². The van der Waals surface area contributed by atoms with Crippen LogP contribution in [0.25, 0.3) is 0 Å². The highest BCUT2D eigenvalue weighted by Crippen LogP contribution is 2.19. The van der Waals surface area contributed by atoms with Crippen LogP contribution in [0.3, 0.4) is 0 Å². The molecule has 19 heavy (non-hydrogen) atoms. The van der Waals surface area contributed by atoms with E-state index < -0.39 is 0 Å². The second-order valence-corrected chi connectivity index (χ2v) is 5.72. The highest BCUT2D eigenvalue weighted by atomic mass is 32.2. The molecule has 0 saturated heterocycles. The zero-order chi connectivity index (χ0) is 13.7. The van der Waals surface area contributed by atoms with E-state index in [0.717, 1.165) is 17.0 Å². The maximum Gasteiger partial charge on any atom is 0.237 e. The molecule has 0 aliphatic heterocycles. The molecule has 0 fully saturated rings. The van der Waals surface area contributed by atoms with Gasteiger partial charge in [0.25, 0.3) is 0 Å². The maximum atomic E-state index is 12.0. The normalized spacial score (nSPS) is 12.1. The summed E-state index contributed by atoms with van der Waals surface area (Å²) in [6.45, 7) is 3.91. The Labute approximate surface area is 117 Å². The van der Waals surface area contributed by atoms with Crippen LogP contribution in [0.4, 0.5) is 5.69 Å². The monoisotopic (exact) mass is 275 g/mol. The molecule has 1 amide bonds. The Hall–Kier alpha value is -1.68. The first-order valence-corrected chi connectivity index (χ1v) is 7.21. The van der Waals surface area contributed by atoms with E-state index in [1.165, 1.54) is 0 Å². The molecular formula is C15H17NO2S. The fraction of sp³-hybridized carbons (Fsp3) is 0.267. The topological polar surface area (TPSA) is 42.2 Å². The van der Waals surface area contributed by atoms with E-state index in [-0.39, 0.29) is 11.2 Å². The van der Waals surface area contributed by atoms with Gasteiger partial charge in [-0.2, -0.15) is 0 Å². The summed E-state index contributed by atoms with van der Waals surface area (Å²) in [5, 5.41) is 2.80. The number of thioether (sulfide) groups is 1. The van der Waals surface area contributed by atoms with E-state index in [1.54, 1.807) is 18.0 Å². The molecular weight excluding hydrogens is 258 g/mol. The lowest BCUT2D eigenvalue weighted by atomic mass is 10.2. The van der Waals surface area contributed by atoms with Gasteiger partial charge < -0.3 is 9.73 Å². The summed E-state index contributed by atoms with van der Waals surface area (Å²) in [4.78, 5) is 12.0. The molecule has 100 valence electrons. The van der Waals surface area contributed by atoms with Crippen LogP contribution in [0.5, 0.6) is 0 Å². The van der Waals surface area contributed by atoms with Crippen LogP contribution in [0, 0.1) is 6.92 Å². The molecule has 3 nitrogen and oxygen atoms in total. The van der Waals surface area contributed by atoms with Crippen LogP contribution in [0.1, 0.15) is 18.2 Å². The number of benzene rings is 1. The van der Waals surface area contributed by atoms with Gasteiger partial charge in [-0.15, -0.1) is 11.8 Å². The zero-order valence-corrected chi connectivity index (χ0v) is 11.9. The number of hydrogen-bond donors (Lipinski definition) is 1. The molecule has 1 atom stereocenters. The first kappa shape index (κ1) is 13.7. The quantitative estimate of drug-likeness (QED) is 0.901. The second-order valence-electron chi connectivity index (χ2n) is 4.39. The van der Waals surface area contributed by atoms with Gasteiger partial charge in [0.1, 0.15) is 5.76 Å². The second kappa shape index (κ2) is 6.48. The van der Waals surface area contributed by atoms with Crippen molar-refractivity contribution < 1.29 is 9.21 Å². The Balaban J connectivity index is 1.85. The Bertz CT molecular complexity index is 537. The van der Waals surface area contributed by atoms with Crippen molar-refractivity contribution in [1.29, 1.82) is 0 Å². The minimum atomic E-state index is -0.120. The third kappa shape index (κ3) is 4.17. The highest BCUT2D eigenvalue weighted by molar-refractivity contribution is 7.99. The first-order valence-electron chi connectivity index (χ1n) is 6.16. The van der Waals surface area contributed by atoms with E-state index in [0.29, 0.717) is 5.75 Å². The lowest BCUT2D eigenvalue weighted by Gasteiger charge is -2.11. The third-order valence-electron chi connectivity index (χ3n) is 2.71. The SMILES string of the molecule is Cc1cccc(NC(=O)[C@@H](C)SCc2ccco2)c1. The number of carbonyl (C=O) groups excluding carboxylic acids is 1. The van der Waals surface area contributed by atoms with Crippen molar-refractivity contribution in [3.8, 4) is 0 Å². The van der Waals surface area contributed by atoms with Gasteiger partial charge in [0.15, 0.2) is 0 Å². The van der Waals surface area contributed by atoms with Crippen molar-refractivity contribution in [2.45, 2.75) is 24.9 Å². The van der Waals surface area contributed by atoms with Crippen molar-refractivity contribution in [2.24, 2.45) is 0 Å². The number of amides is 1. The van der Waals surface area contributed by atoms with Gasteiger partial charge in [0.2, 0.25) is 5.91 Å². The molecule has 0 unspecified atom stereocenters. The molecule has 2 aromatic rings. The molecule has 1 aromatic heterocycles. The van der Waals surface area contributed by atoms with Gasteiger partial charge in [-0.1, -0.05) is 12.1 Å².